The van der Waals surface area contributed by atoms with Crippen LogP contribution in [0.25, 0.3) is 0 Å². The maximum atomic E-state index is 6.13. The van der Waals surface area contributed by atoms with Crippen LogP contribution in [0.1, 0.15) is 44.1 Å². The molecule has 3 fully saturated rings. The molecule has 4 rings (SSSR count). The summed E-state index contributed by atoms with van der Waals surface area (Å²) >= 11 is 12.1. The molecular formula is C14H16Cl2. The molecule has 0 radical (unpaired) electrons. The average Bonchev–Trinajstić information content (AvgIpc) is 2.35. The highest BCUT2D eigenvalue weighted by Crippen LogP contribution is 2.52. The Morgan fingerprint density at radius 1 is 0.938 bits per heavy atom. The first-order valence-electron chi connectivity index (χ1n) is 6.15. The second-order valence-corrected chi connectivity index (χ2v) is 6.21. The molecule has 3 aliphatic rings. The summed E-state index contributed by atoms with van der Waals surface area (Å²) in [6.45, 7) is 0. The molecule has 0 N–H and O–H groups in total. The van der Waals surface area contributed by atoms with Crippen molar-refractivity contribution in [3.63, 3.8) is 0 Å². The van der Waals surface area contributed by atoms with Gasteiger partial charge in [-0.1, -0.05) is 29.3 Å². The van der Waals surface area contributed by atoms with E-state index in [0.29, 0.717) is 15.5 Å². The van der Waals surface area contributed by atoms with Gasteiger partial charge in [0.15, 0.2) is 0 Å². The standard InChI is InChI=1S/C14H16Cl2/c15-12-2-1-11(9-13(12)16)14-6-3-10(4-7-14)5-8-14/h1-2,9-10H,3-8H2. The Balaban J connectivity index is 1.98. The number of hydrogen-bond donors (Lipinski definition) is 0. The van der Waals surface area contributed by atoms with Gasteiger partial charge in [0, 0.05) is 0 Å². The molecule has 0 aromatic heterocycles. The molecule has 2 bridgehead atoms. The molecule has 86 valence electrons. The van der Waals surface area contributed by atoms with E-state index in [4.69, 9.17) is 23.2 Å². The monoisotopic (exact) mass is 254 g/mol. The van der Waals surface area contributed by atoms with Crippen molar-refractivity contribution in [1.29, 1.82) is 0 Å². The Morgan fingerprint density at radius 2 is 1.56 bits per heavy atom. The Morgan fingerprint density at radius 3 is 2.12 bits per heavy atom. The molecule has 16 heavy (non-hydrogen) atoms. The molecule has 0 spiro atoms. The molecule has 0 amide bonds. The fourth-order valence-corrected chi connectivity index (χ4v) is 3.81. The van der Waals surface area contributed by atoms with E-state index in [1.807, 2.05) is 6.07 Å². The molecule has 0 atom stereocenters. The number of hydrogen-bond acceptors (Lipinski definition) is 0. The third-order valence-corrected chi connectivity index (χ3v) is 5.36. The van der Waals surface area contributed by atoms with Crippen LogP contribution in [-0.4, -0.2) is 0 Å². The van der Waals surface area contributed by atoms with Crippen molar-refractivity contribution >= 4 is 23.2 Å². The van der Waals surface area contributed by atoms with Gasteiger partial charge in [-0.25, -0.2) is 0 Å². The summed E-state index contributed by atoms with van der Waals surface area (Å²) in [5.74, 6) is 1.00. The third-order valence-electron chi connectivity index (χ3n) is 4.63. The Labute approximate surface area is 107 Å². The van der Waals surface area contributed by atoms with Crippen LogP contribution >= 0.6 is 23.2 Å². The van der Waals surface area contributed by atoms with E-state index >= 15 is 0 Å². The van der Waals surface area contributed by atoms with Crippen molar-refractivity contribution < 1.29 is 0 Å². The summed E-state index contributed by atoms with van der Waals surface area (Å²) in [6, 6.07) is 6.23. The molecule has 1 aromatic rings. The van der Waals surface area contributed by atoms with E-state index in [-0.39, 0.29) is 0 Å². The number of fused-ring (bicyclic) bond motifs is 3. The van der Waals surface area contributed by atoms with E-state index in [1.54, 1.807) is 0 Å². The lowest BCUT2D eigenvalue weighted by molar-refractivity contribution is 0.136. The van der Waals surface area contributed by atoms with Crippen LogP contribution in [0, 0.1) is 5.92 Å². The highest BCUT2D eigenvalue weighted by atomic mass is 35.5. The maximum Gasteiger partial charge on any atom is 0.0595 e. The smallest absolute Gasteiger partial charge is 0.0595 e. The van der Waals surface area contributed by atoms with Gasteiger partial charge in [-0.15, -0.1) is 0 Å². The second-order valence-electron chi connectivity index (χ2n) is 5.39. The highest BCUT2D eigenvalue weighted by Gasteiger charge is 2.41. The predicted octanol–water partition coefficient (Wildman–Crippen LogP) is 5.22. The van der Waals surface area contributed by atoms with Gasteiger partial charge in [0.05, 0.1) is 10.0 Å². The van der Waals surface area contributed by atoms with Crippen LogP contribution < -0.4 is 0 Å². The lowest BCUT2D eigenvalue weighted by atomic mass is 9.58. The minimum Gasteiger partial charge on any atom is -0.0827 e. The van der Waals surface area contributed by atoms with Crippen molar-refractivity contribution in [1.82, 2.24) is 0 Å². The van der Waals surface area contributed by atoms with Gasteiger partial charge in [-0.2, -0.15) is 0 Å². The predicted molar refractivity (Wildman–Crippen MR) is 69.3 cm³/mol. The first kappa shape index (κ1) is 10.9. The van der Waals surface area contributed by atoms with Crippen LogP contribution in [0.2, 0.25) is 10.0 Å². The maximum absolute atomic E-state index is 6.13. The van der Waals surface area contributed by atoms with Gasteiger partial charge in [0.2, 0.25) is 0 Å². The van der Waals surface area contributed by atoms with Gasteiger partial charge in [0.25, 0.3) is 0 Å². The summed E-state index contributed by atoms with van der Waals surface area (Å²) in [5.41, 5.74) is 1.84. The van der Waals surface area contributed by atoms with E-state index in [1.165, 1.54) is 44.1 Å². The molecule has 3 aliphatic carbocycles. The van der Waals surface area contributed by atoms with Crippen molar-refractivity contribution in [3.8, 4) is 0 Å². The van der Waals surface area contributed by atoms with Gasteiger partial charge in [0.1, 0.15) is 0 Å². The van der Waals surface area contributed by atoms with Crippen molar-refractivity contribution in [2.75, 3.05) is 0 Å². The minimum absolute atomic E-state index is 0.420. The minimum atomic E-state index is 0.420. The Kier molecular flexibility index (Phi) is 2.68. The third kappa shape index (κ3) is 1.67. The van der Waals surface area contributed by atoms with Crippen molar-refractivity contribution in [2.24, 2.45) is 5.92 Å². The zero-order valence-corrected chi connectivity index (χ0v) is 10.8. The van der Waals surface area contributed by atoms with E-state index in [2.05, 4.69) is 12.1 Å². The molecular weight excluding hydrogens is 239 g/mol. The average molecular weight is 255 g/mol. The van der Waals surface area contributed by atoms with Gasteiger partial charge < -0.3 is 0 Å². The largest absolute Gasteiger partial charge is 0.0827 e. The van der Waals surface area contributed by atoms with E-state index in [0.717, 1.165) is 5.92 Å². The van der Waals surface area contributed by atoms with Crippen LogP contribution in [0.15, 0.2) is 18.2 Å². The first-order chi connectivity index (χ1) is 7.70. The number of rotatable bonds is 1. The normalized spacial score (nSPS) is 33.0. The van der Waals surface area contributed by atoms with Crippen LogP contribution in [0.3, 0.4) is 0 Å². The SMILES string of the molecule is Clc1ccc(C23CCC(CC2)CC3)cc1Cl. The van der Waals surface area contributed by atoms with E-state index < -0.39 is 0 Å². The number of benzene rings is 1. The quantitative estimate of drug-likeness (QED) is 0.645. The number of halogens is 2. The summed E-state index contributed by atoms with van der Waals surface area (Å²) in [7, 11) is 0. The van der Waals surface area contributed by atoms with Gasteiger partial charge >= 0.3 is 0 Å². The summed E-state index contributed by atoms with van der Waals surface area (Å²) in [4.78, 5) is 0. The molecule has 0 nitrogen and oxygen atoms in total. The van der Waals surface area contributed by atoms with Crippen molar-refractivity contribution in [2.45, 2.75) is 43.9 Å². The topological polar surface area (TPSA) is 0 Å². The van der Waals surface area contributed by atoms with Crippen molar-refractivity contribution in [3.05, 3.63) is 33.8 Å². The Bertz CT molecular complexity index is 389. The molecule has 0 unspecified atom stereocenters. The van der Waals surface area contributed by atoms with E-state index in [9.17, 15) is 0 Å². The molecule has 3 saturated carbocycles. The van der Waals surface area contributed by atoms with Crippen LogP contribution in [-0.2, 0) is 5.41 Å². The fraction of sp³-hybridized carbons (Fsp3) is 0.571. The zero-order valence-electron chi connectivity index (χ0n) is 9.31. The highest BCUT2D eigenvalue weighted by molar-refractivity contribution is 6.42. The summed E-state index contributed by atoms with van der Waals surface area (Å²) in [6.07, 6.45) is 8.24. The second kappa shape index (κ2) is 3.92. The lowest BCUT2D eigenvalue weighted by Gasteiger charge is -2.47. The molecule has 0 aliphatic heterocycles. The molecule has 0 heterocycles. The molecule has 0 saturated heterocycles. The summed E-state index contributed by atoms with van der Waals surface area (Å²) in [5, 5.41) is 1.38. The molecule has 1 aromatic carbocycles. The van der Waals surface area contributed by atoms with Gasteiger partial charge in [-0.3, -0.25) is 0 Å². The van der Waals surface area contributed by atoms with Crippen LogP contribution in [0.5, 0.6) is 0 Å². The summed E-state index contributed by atoms with van der Waals surface area (Å²) < 4.78 is 0. The first-order valence-corrected chi connectivity index (χ1v) is 6.91. The van der Waals surface area contributed by atoms with Crippen LogP contribution in [0.4, 0.5) is 0 Å². The molecule has 2 heteroatoms. The van der Waals surface area contributed by atoms with Gasteiger partial charge in [-0.05, 0) is 67.6 Å². The zero-order chi connectivity index (χ0) is 11.2. The fourth-order valence-electron chi connectivity index (χ4n) is 3.51. The lowest BCUT2D eigenvalue weighted by Crippen LogP contribution is -2.37. The Hall–Kier alpha value is -0.200.